The third-order valence-corrected chi connectivity index (χ3v) is 3.84. The molecule has 0 aliphatic carbocycles. The molecule has 3 aliphatic rings. The van der Waals surface area contributed by atoms with Gasteiger partial charge in [-0.2, -0.15) is 0 Å². The van der Waals surface area contributed by atoms with E-state index in [0.29, 0.717) is 18.6 Å². The first-order valence-corrected chi connectivity index (χ1v) is 5.57. The Kier molecular flexibility index (Phi) is 1.83. The number of piperidine rings is 1. The van der Waals surface area contributed by atoms with E-state index in [1.807, 2.05) is 13.8 Å². The lowest BCUT2D eigenvalue weighted by Crippen LogP contribution is -2.45. The Balaban J connectivity index is 1.91. The van der Waals surface area contributed by atoms with E-state index in [1.165, 1.54) is 0 Å². The van der Waals surface area contributed by atoms with E-state index in [2.05, 4.69) is 11.9 Å². The fourth-order valence-corrected chi connectivity index (χ4v) is 3.19. The second-order valence-corrected chi connectivity index (χ2v) is 5.31. The van der Waals surface area contributed by atoms with E-state index >= 15 is 0 Å². The van der Waals surface area contributed by atoms with Gasteiger partial charge in [-0.25, -0.2) is 0 Å². The van der Waals surface area contributed by atoms with Crippen LogP contribution in [-0.4, -0.2) is 47.8 Å². The summed E-state index contributed by atoms with van der Waals surface area (Å²) in [5, 5.41) is 0. The molecule has 4 unspecified atom stereocenters. The zero-order chi connectivity index (χ0) is 10.8. The molecule has 0 aromatic rings. The molecule has 84 valence electrons. The van der Waals surface area contributed by atoms with E-state index in [1.54, 1.807) is 0 Å². The van der Waals surface area contributed by atoms with Crippen LogP contribution in [0.25, 0.3) is 0 Å². The highest BCUT2D eigenvalue weighted by atomic mass is 16.8. The molecule has 3 rings (SSSR count). The second kappa shape index (κ2) is 2.81. The fourth-order valence-electron chi connectivity index (χ4n) is 3.19. The van der Waals surface area contributed by atoms with Gasteiger partial charge in [0.1, 0.15) is 18.0 Å². The largest absolute Gasteiger partial charge is 0.343 e. The maximum absolute atomic E-state index is 11.5. The Morgan fingerprint density at radius 1 is 1.20 bits per heavy atom. The Bertz CT molecular complexity index is 289. The maximum Gasteiger partial charge on any atom is 0.163 e. The molecule has 4 atom stereocenters. The highest BCUT2D eigenvalue weighted by Gasteiger charge is 2.59. The molecular weight excluding hydrogens is 194 g/mol. The van der Waals surface area contributed by atoms with Crippen molar-refractivity contribution in [1.29, 1.82) is 0 Å². The first-order valence-electron chi connectivity index (χ1n) is 5.57. The minimum atomic E-state index is -0.479. The summed E-state index contributed by atoms with van der Waals surface area (Å²) in [6, 6.07) is 0.450. The fraction of sp³-hybridized carbons (Fsp3) is 0.909. The van der Waals surface area contributed by atoms with Crippen LogP contribution in [0, 0.1) is 0 Å². The van der Waals surface area contributed by atoms with Gasteiger partial charge in [0.2, 0.25) is 0 Å². The van der Waals surface area contributed by atoms with Crippen LogP contribution in [0.4, 0.5) is 0 Å². The molecule has 0 amide bonds. The van der Waals surface area contributed by atoms with Crippen molar-refractivity contribution in [2.75, 3.05) is 7.05 Å². The zero-order valence-corrected chi connectivity index (χ0v) is 9.40. The number of hydrogen-bond donors (Lipinski definition) is 0. The standard InChI is InChI=1S/C11H17NO3/c1-11(2)14-9-7-4-6(13)5-8(12(7)3)10(9)15-11/h7-10H,4-5H2,1-3H3. The number of Topliss-reactive ketones (excluding diaryl/α,β-unsaturated/α-hetero) is 1. The van der Waals surface area contributed by atoms with Crippen molar-refractivity contribution in [3.63, 3.8) is 0 Å². The molecule has 3 saturated heterocycles. The van der Waals surface area contributed by atoms with Gasteiger partial charge in [-0.3, -0.25) is 9.69 Å². The molecule has 3 fully saturated rings. The molecule has 0 aromatic heterocycles. The maximum atomic E-state index is 11.5. The summed E-state index contributed by atoms with van der Waals surface area (Å²) in [7, 11) is 2.07. The summed E-state index contributed by atoms with van der Waals surface area (Å²) in [6.07, 6.45) is 1.41. The molecular formula is C11H17NO3. The SMILES string of the molecule is CN1C2CC(=O)CC1C1OC(C)(C)OC12. The van der Waals surface area contributed by atoms with Gasteiger partial charge in [-0.1, -0.05) is 0 Å². The third kappa shape index (κ3) is 1.28. The smallest absolute Gasteiger partial charge is 0.163 e. The monoisotopic (exact) mass is 211 g/mol. The third-order valence-electron chi connectivity index (χ3n) is 3.84. The molecule has 15 heavy (non-hydrogen) atoms. The van der Waals surface area contributed by atoms with Crippen LogP contribution < -0.4 is 0 Å². The first-order chi connectivity index (χ1) is 6.98. The van der Waals surface area contributed by atoms with Gasteiger partial charge in [0, 0.05) is 24.9 Å². The number of rotatable bonds is 0. The second-order valence-electron chi connectivity index (χ2n) is 5.31. The number of ether oxygens (including phenoxy) is 2. The van der Waals surface area contributed by atoms with E-state index < -0.39 is 5.79 Å². The lowest BCUT2D eigenvalue weighted by Gasteiger charge is -2.34. The summed E-state index contributed by atoms with van der Waals surface area (Å²) in [5.74, 6) is -0.129. The van der Waals surface area contributed by atoms with Gasteiger partial charge in [0.15, 0.2) is 5.79 Å². The summed E-state index contributed by atoms with van der Waals surface area (Å²) in [4.78, 5) is 13.8. The Morgan fingerprint density at radius 3 is 2.13 bits per heavy atom. The molecule has 3 aliphatic heterocycles. The summed E-state index contributed by atoms with van der Waals surface area (Å²) in [5.41, 5.74) is 0. The Hall–Kier alpha value is -0.450. The van der Waals surface area contributed by atoms with Gasteiger partial charge in [0.25, 0.3) is 0 Å². The Morgan fingerprint density at radius 2 is 1.67 bits per heavy atom. The number of fused-ring (bicyclic) bond motifs is 5. The summed E-state index contributed by atoms with van der Waals surface area (Å²) in [6.45, 7) is 3.89. The van der Waals surface area contributed by atoms with Crippen molar-refractivity contribution in [2.24, 2.45) is 0 Å². The van der Waals surface area contributed by atoms with Crippen LogP contribution in [0.1, 0.15) is 26.7 Å². The van der Waals surface area contributed by atoms with Gasteiger partial charge >= 0.3 is 0 Å². The summed E-state index contributed by atoms with van der Waals surface area (Å²) >= 11 is 0. The van der Waals surface area contributed by atoms with Crippen molar-refractivity contribution >= 4 is 5.78 Å². The molecule has 3 heterocycles. The molecule has 0 aromatic carbocycles. The predicted molar refractivity (Wildman–Crippen MR) is 53.4 cm³/mol. The number of ketones is 1. The number of hydrogen-bond acceptors (Lipinski definition) is 4. The number of likely N-dealkylation sites (N-methyl/N-ethyl adjacent to an activating group) is 1. The van der Waals surface area contributed by atoms with Crippen molar-refractivity contribution < 1.29 is 14.3 Å². The molecule has 4 nitrogen and oxygen atoms in total. The number of carbonyl (C=O) groups excluding carboxylic acids is 1. The highest BCUT2D eigenvalue weighted by molar-refractivity contribution is 5.81. The van der Waals surface area contributed by atoms with Crippen molar-refractivity contribution in [3.8, 4) is 0 Å². The predicted octanol–water partition coefficient (Wildman–Crippen LogP) is 0.552. The average Bonchev–Trinajstić information content (AvgIpc) is 2.49. The molecule has 2 bridgehead atoms. The lowest BCUT2D eigenvalue weighted by molar-refractivity contribution is -0.171. The van der Waals surface area contributed by atoms with E-state index in [9.17, 15) is 4.79 Å². The minimum Gasteiger partial charge on any atom is -0.343 e. The topological polar surface area (TPSA) is 38.8 Å². The molecule has 0 radical (unpaired) electrons. The molecule has 0 spiro atoms. The van der Waals surface area contributed by atoms with Crippen LogP contribution >= 0.6 is 0 Å². The summed E-state index contributed by atoms with van der Waals surface area (Å²) < 4.78 is 11.8. The van der Waals surface area contributed by atoms with Crippen molar-refractivity contribution in [2.45, 2.75) is 56.8 Å². The van der Waals surface area contributed by atoms with Crippen LogP contribution in [0.15, 0.2) is 0 Å². The van der Waals surface area contributed by atoms with E-state index in [0.717, 1.165) is 0 Å². The Labute approximate surface area is 89.5 Å². The highest BCUT2D eigenvalue weighted by Crippen LogP contribution is 2.44. The quantitative estimate of drug-likeness (QED) is 0.586. The molecule has 4 heteroatoms. The van der Waals surface area contributed by atoms with Crippen LogP contribution in [0.3, 0.4) is 0 Å². The van der Waals surface area contributed by atoms with E-state index in [4.69, 9.17) is 9.47 Å². The number of nitrogens with zero attached hydrogens (tertiary/aromatic N) is 1. The molecule has 0 saturated carbocycles. The zero-order valence-electron chi connectivity index (χ0n) is 9.40. The van der Waals surface area contributed by atoms with Gasteiger partial charge in [-0.15, -0.1) is 0 Å². The minimum absolute atomic E-state index is 0.0847. The normalized spacial score (nSPS) is 48.3. The van der Waals surface area contributed by atoms with Crippen LogP contribution in [0.5, 0.6) is 0 Å². The van der Waals surface area contributed by atoms with Gasteiger partial charge < -0.3 is 9.47 Å². The van der Waals surface area contributed by atoms with Gasteiger partial charge in [-0.05, 0) is 20.9 Å². The van der Waals surface area contributed by atoms with Crippen LogP contribution in [0.2, 0.25) is 0 Å². The average molecular weight is 211 g/mol. The molecule has 0 N–H and O–H groups in total. The van der Waals surface area contributed by atoms with E-state index in [-0.39, 0.29) is 24.3 Å². The lowest BCUT2D eigenvalue weighted by atomic mass is 10.0. The van der Waals surface area contributed by atoms with Gasteiger partial charge in [0.05, 0.1) is 0 Å². The first kappa shape index (κ1) is 9.75. The van der Waals surface area contributed by atoms with Crippen LogP contribution in [-0.2, 0) is 14.3 Å². The number of carbonyl (C=O) groups is 1. The van der Waals surface area contributed by atoms with Crippen molar-refractivity contribution in [1.82, 2.24) is 4.90 Å². The van der Waals surface area contributed by atoms with Crippen molar-refractivity contribution in [3.05, 3.63) is 0 Å².